The first kappa shape index (κ1) is 28.0. The van der Waals surface area contributed by atoms with Gasteiger partial charge in [0.15, 0.2) is 0 Å². The fourth-order valence-corrected chi connectivity index (χ4v) is 6.65. The van der Waals surface area contributed by atoms with Crippen LogP contribution in [0.1, 0.15) is 29.7 Å². The Morgan fingerprint density at radius 3 is 2.67 bits per heavy atom. The highest BCUT2D eigenvalue weighted by Gasteiger charge is 2.35. The molecule has 2 aromatic carbocycles. The lowest BCUT2D eigenvalue weighted by atomic mass is 9.99. The monoisotopic (exact) mass is 573 g/mol. The van der Waals surface area contributed by atoms with Crippen molar-refractivity contribution in [3.05, 3.63) is 53.2 Å². The first-order chi connectivity index (χ1) is 20.3. The molecule has 4 heterocycles. The van der Waals surface area contributed by atoms with Gasteiger partial charge in [0, 0.05) is 55.4 Å². The maximum atomic E-state index is 14.0. The SMILES string of the molecule is Cc1cccc2cccc(N3CCc4c(nc(OC[C@H]5C[C@@H](F)CN5C)nc4N4CCN(C(=O)O)[C@@H](CC#N)C4)C3)c12. The number of anilines is 2. The Morgan fingerprint density at radius 2 is 1.93 bits per heavy atom. The normalized spacial score (nSPS) is 22.7. The summed E-state index contributed by atoms with van der Waals surface area (Å²) < 4.78 is 20.1. The first-order valence-electron chi connectivity index (χ1n) is 14.5. The third-order valence-corrected chi connectivity index (χ3v) is 8.85. The van der Waals surface area contributed by atoms with Gasteiger partial charge in [-0.05, 0) is 43.8 Å². The predicted molar refractivity (Wildman–Crippen MR) is 158 cm³/mol. The number of halogens is 1. The Kier molecular flexibility index (Phi) is 7.73. The summed E-state index contributed by atoms with van der Waals surface area (Å²) in [5.74, 6) is 0.736. The van der Waals surface area contributed by atoms with Crippen molar-refractivity contribution in [3.8, 4) is 12.1 Å². The number of likely N-dealkylation sites (tertiary alicyclic amines) is 1. The van der Waals surface area contributed by atoms with Crippen molar-refractivity contribution in [1.29, 1.82) is 5.26 Å². The molecule has 0 radical (unpaired) electrons. The van der Waals surface area contributed by atoms with E-state index < -0.39 is 18.3 Å². The molecule has 1 aromatic heterocycles. The van der Waals surface area contributed by atoms with E-state index in [1.807, 2.05) is 11.9 Å². The van der Waals surface area contributed by atoms with E-state index in [1.54, 1.807) is 0 Å². The number of ether oxygens (including phenoxy) is 1. The molecule has 2 fully saturated rings. The number of aromatic nitrogens is 2. The summed E-state index contributed by atoms with van der Waals surface area (Å²) >= 11 is 0. The van der Waals surface area contributed by atoms with E-state index in [4.69, 9.17) is 14.7 Å². The molecule has 10 nitrogen and oxygen atoms in total. The van der Waals surface area contributed by atoms with Gasteiger partial charge in [-0.1, -0.05) is 30.3 Å². The zero-order chi connectivity index (χ0) is 29.4. The molecule has 1 amide bonds. The molecule has 3 aliphatic rings. The number of likely N-dealkylation sites (N-methyl/N-ethyl adjacent to an activating group) is 1. The molecule has 0 bridgehead atoms. The van der Waals surface area contributed by atoms with Crippen LogP contribution in [-0.4, -0.2) is 95.6 Å². The number of fused-ring (bicyclic) bond motifs is 2. The van der Waals surface area contributed by atoms with Crippen molar-refractivity contribution in [1.82, 2.24) is 19.8 Å². The summed E-state index contributed by atoms with van der Waals surface area (Å²) in [6.45, 7) is 5.25. The number of rotatable bonds is 6. The van der Waals surface area contributed by atoms with Crippen molar-refractivity contribution in [3.63, 3.8) is 0 Å². The summed E-state index contributed by atoms with van der Waals surface area (Å²) in [6.07, 6.45) is -0.661. The summed E-state index contributed by atoms with van der Waals surface area (Å²) in [6, 6.07) is 14.6. The minimum atomic E-state index is -1.02. The highest BCUT2D eigenvalue weighted by molar-refractivity contribution is 5.97. The lowest BCUT2D eigenvalue weighted by molar-refractivity contribution is 0.119. The number of nitriles is 1. The quantitative estimate of drug-likeness (QED) is 0.468. The van der Waals surface area contributed by atoms with Crippen molar-refractivity contribution in [2.45, 2.75) is 51.0 Å². The third-order valence-electron chi connectivity index (χ3n) is 8.85. The molecule has 6 rings (SSSR count). The van der Waals surface area contributed by atoms with E-state index in [0.717, 1.165) is 29.3 Å². The predicted octanol–water partition coefficient (Wildman–Crippen LogP) is 4.00. The molecule has 0 spiro atoms. The van der Waals surface area contributed by atoms with Gasteiger partial charge in [-0.25, -0.2) is 9.18 Å². The molecule has 3 atom stereocenters. The number of nitrogens with zero attached hydrogens (tertiary/aromatic N) is 7. The maximum Gasteiger partial charge on any atom is 0.407 e. The number of alkyl halides is 1. The zero-order valence-corrected chi connectivity index (χ0v) is 24.0. The summed E-state index contributed by atoms with van der Waals surface area (Å²) in [5, 5.41) is 21.5. The van der Waals surface area contributed by atoms with Gasteiger partial charge >= 0.3 is 12.1 Å². The molecule has 1 N–H and O–H groups in total. The van der Waals surface area contributed by atoms with Crippen LogP contribution in [0.3, 0.4) is 0 Å². The largest absolute Gasteiger partial charge is 0.465 e. The molecule has 3 aliphatic heterocycles. The van der Waals surface area contributed by atoms with Crippen LogP contribution in [0.15, 0.2) is 36.4 Å². The maximum absolute atomic E-state index is 14.0. The van der Waals surface area contributed by atoms with Gasteiger partial charge in [0.1, 0.15) is 18.6 Å². The zero-order valence-electron chi connectivity index (χ0n) is 24.0. The third kappa shape index (κ3) is 5.39. The van der Waals surface area contributed by atoms with Gasteiger partial charge in [0.2, 0.25) is 0 Å². The van der Waals surface area contributed by atoms with Crippen molar-refractivity contribution in [2.24, 2.45) is 0 Å². The Bertz CT molecular complexity index is 1520. The van der Waals surface area contributed by atoms with Crippen LogP contribution in [0.25, 0.3) is 10.8 Å². The Balaban J connectivity index is 1.34. The second kappa shape index (κ2) is 11.6. The van der Waals surface area contributed by atoms with Crippen LogP contribution in [0.2, 0.25) is 0 Å². The highest BCUT2D eigenvalue weighted by Crippen LogP contribution is 2.36. The average molecular weight is 574 g/mol. The number of benzene rings is 2. The number of piperazine rings is 1. The second-order valence-corrected chi connectivity index (χ2v) is 11.6. The van der Waals surface area contributed by atoms with Gasteiger partial charge in [0.25, 0.3) is 0 Å². The number of hydrogen-bond acceptors (Lipinski definition) is 8. The number of carbonyl (C=O) groups is 1. The Morgan fingerprint density at radius 1 is 1.12 bits per heavy atom. The molecule has 2 saturated heterocycles. The van der Waals surface area contributed by atoms with Gasteiger partial charge < -0.3 is 24.5 Å². The Labute approximate surface area is 244 Å². The lowest BCUT2D eigenvalue weighted by Crippen LogP contribution is -2.55. The molecular weight excluding hydrogens is 537 g/mol. The number of carboxylic acid groups (broad SMARTS) is 1. The molecule has 42 heavy (non-hydrogen) atoms. The Hall–Kier alpha value is -4.17. The fourth-order valence-electron chi connectivity index (χ4n) is 6.65. The minimum absolute atomic E-state index is 0.0580. The van der Waals surface area contributed by atoms with Crippen molar-refractivity contribution < 1.29 is 19.0 Å². The van der Waals surface area contributed by atoms with E-state index >= 15 is 0 Å². The van der Waals surface area contributed by atoms with E-state index in [0.29, 0.717) is 39.0 Å². The second-order valence-electron chi connectivity index (χ2n) is 11.6. The van der Waals surface area contributed by atoms with Crippen LogP contribution in [0, 0.1) is 18.3 Å². The summed E-state index contributed by atoms with van der Waals surface area (Å²) in [7, 11) is 1.90. The topological polar surface area (TPSA) is 109 Å². The van der Waals surface area contributed by atoms with Crippen LogP contribution >= 0.6 is 0 Å². The van der Waals surface area contributed by atoms with Gasteiger partial charge in [-0.15, -0.1) is 0 Å². The summed E-state index contributed by atoms with van der Waals surface area (Å²) in [4.78, 5) is 29.3. The van der Waals surface area contributed by atoms with Gasteiger partial charge in [0.05, 0.1) is 30.8 Å². The fraction of sp³-hybridized carbons (Fsp3) is 0.484. The van der Waals surface area contributed by atoms with Crippen LogP contribution in [-0.2, 0) is 13.0 Å². The number of aryl methyl sites for hydroxylation is 1. The molecule has 0 aliphatic carbocycles. The number of amides is 1. The van der Waals surface area contributed by atoms with E-state index in [-0.39, 0.29) is 31.6 Å². The van der Waals surface area contributed by atoms with Gasteiger partial charge in [-0.3, -0.25) is 4.90 Å². The standard InChI is InChI=1S/C31H36FN7O3/c1-20-5-3-6-21-7-4-8-27(28(20)21)37-12-10-25-26(18-37)34-30(42-19-24-15-22(32)16-36(24)2)35-29(25)38-13-14-39(31(40)41)23(17-38)9-11-33/h3-8,22-24H,9-10,12-19H2,1-2H3,(H,40,41)/t22-,23+,24-/m1/s1. The van der Waals surface area contributed by atoms with Crippen LogP contribution in [0.5, 0.6) is 6.01 Å². The van der Waals surface area contributed by atoms with E-state index in [1.165, 1.54) is 21.2 Å². The minimum Gasteiger partial charge on any atom is -0.465 e. The molecule has 11 heteroatoms. The smallest absolute Gasteiger partial charge is 0.407 e. The number of hydrogen-bond donors (Lipinski definition) is 1. The summed E-state index contributed by atoms with van der Waals surface area (Å²) in [5.41, 5.74) is 4.27. The molecule has 3 aromatic rings. The molecule has 0 saturated carbocycles. The average Bonchev–Trinajstić information content (AvgIpc) is 3.31. The molecule has 0 unspecified atom stereocenters. The first-order valence-corrected chi connectivity index (χ1v) is 14.5. The van der Waals surface area contributed by atoms with Crippen molar-refractivity contribution >= 4 is 28.4 Å². The van der Waals surface area contributed by atoms with Crippen molar-refractivity contribution in [2.75, 3.05) is 56.2 Å². The molecular formula is C31H36FN7O3. The molecule has 220 valence electrons. The lowest BCUT2D eigenvalue weighted by Gasteiger charge is -2.41. The van der Waals surface area contributed by atoms with E-state index in [2.05, 4.69) is 59.2 Å². The van der Waals surface area contributed by atoms with Gasteiger partial charge in [-0.2, -0.15) is 15.2 Å². The van der Waals surface area contributed by atoms with E-state index in [9.17, 15) is 19.6 Å². The van der Waals surface area contributed by atoms with Crippen LogP contribution < -0.4 is 14.5 Å². The van der Waals surface area contributed by atoms with Crippen LogP contribution in [0.4, 0.5) is 20.7 Å². The highest BCUT2D eigenvalue weighted by atomic mass is 19.1.